The summed E-state index contributed by atoms with van der Waals surface area (Å²) in [6.45, 7) is 10.6. The number of hydrogen-bond donors (Lipinski definition) is 3. The Bertz CT molecular complexity index is 2360. The minimum atomic E-state index is -2.54. The van der Waals surface area contributed by atoms with Gasteiger partial charge in [-0.05, 0) is 123 Å². The summed E-state index contributed by atoms with van der Waals surface area (Å²) in [7, 11) is 0.723. The Morgan fingerprint density at radius 2 is 1.62 bits per heavy atom. The number of rotatable bonds is 17. The van der Waals surface area contributed by atoms with E-state index in [0.29, 0.717) is 44.0 Å². The number of amides is 3. The Morgan fingerprint density at radius 3 is 2.31 bits per heavy atom. The van der Waals surface area contributed by atoms with Gasteiger partial charge < -0.3 is 44.3 Å². The van der Waals surface area contributed by atoms with E-state index in [1.807, 2.05) is 79.7 Å². The molecule has 1 unspecified atom stereocenters. The number of likely N-dealkylation sites (tertiary alicyclic amines) is 1. The van der Waals surface area contributed by atoms with Gasteiger partial charge >= 0.3 is 0 Å². The Labute approximate surface area is 383 Å². The van der Waals surface area contributed by atoms with Crippen molar-refractivity contribution in [2.45, 2.75) is 101 Å². The predicted octanol–water partition coefficient (Wildman–Crippen LogP) is 6.19. The highest BCUT2D eigenvalue weighted by atomic mass is 28.3. The van der Waals surface area contributed by atoms with Crippen molar-refractivity contribution in [3.63, 3.8) is 0 Å². The molecule has 4 aliphatic rings. The number of methoxy groups -OCH3 is 2. The molecule has 3 amide bonds. The van der Waals surface area contributed by atoms with Gasteiger partial charge in [-0.15, -0.1) is 0 Å². The molecule has 1 spiro atoms. The van der Waals surface area contributed by atoms with Crippen LogP contribution in [0.15, 0.2) is 84.9 Å². The fraction of sp³-hybridized carbons (Fsp3) is 0.471. The quantitative estimate of drug-likeness (QED) is 0.0828. The number of ether oxygens (including phenoxy) is 4. The second kappa shape index (κ2) is 19.3. The fourth-order valence-electron chi connectivity index (χ4n) is 11.1. The SMILES string of the molecule is CCOc1ccc2c(c1)CC(NCCCCO)C(=O)N2c1ccc(CN2C(=O)[C@]3(O[C@H](CC(=O)N4CCC[C@H]4CO)[C@@H]([Si](C)(C)c4ccc(OC)cc4)[C@@H]3C)c3cc(OC)ccc32)cc1. The van der Waals surface area contributed by atoms with E-state index in [0.717, 1.165) is 58.8 Å². The number of aliphatic hydroxyl groups is 2. The lowest BCUT2D eigenvalue weighted by molar-refractivity contribution is -0.150. The summed E-state index contributed by atoms with van der Waals surface area (Å²) in [6.07, 6.45) is 3.03. The van der Waals surface area contributed by atoms with Crippen molar-refractivity contribution in [3.8, 4) is 17.2 Å². The maximum atomic E-state index is 15.6. The number of unbranched alkanes of at least 4 members (excludes halogenated alkanes) is 1. The third-order valence-electron chi connectivity index (χ3n) is 14.4. The van der Waals surface area contributed by atoms with E-state index in [4.69, 9.17) is 18.9 Å². The van der Waals surface area contributed by atoms with E-state index in [1.54, 1.807) is 28.9 Å². The lowest BCUT2D eigenvalue weighted by Crippen LogP contribution is -2.52. The highest BCUT2D eigenvalue weighted by molar-refractivity contribution is 6.91. The number of aliphatic hydroxyl groups excluding tert-OH is 2. The first-order valence-electron chi connectivity index (χ1n) is 23.2. The van der Waals surface area contributed by atoms with Crippen molar-refractivity contribution in [1.29, 1.82) is 0 Å². The molecule has 4 heterocycles. The highest BCUT2D eigenvalue weighted by Gasteiger charge is 2.66. The standard InChI is InChI=1S/C51H64N4O9Si/c1-7-63-40-19-22-44-35(27-40)28-43(52-24-8-9-26-56)49(59)55(44)36-14-12-34(13-15-36)31-54-45-23-18-39(62-4)29-42(45)51(50(54)60)33(2)48(65(5,6)41-20-16-38(61-3)17-21-41)46(64-51)30-47(58)53-25-10-11-37(53)32-57/h12-23,27,29,33,37,43,46,48,52,56-57H,7-11,24-26,28,30-32H2,1-6H3/t33-,37-,43?,46+,48-,51+/m0/s1. The lowest BCUT2D eigenvalue weighted by atomic mass is 9.82. The molecule has 4 aromatic rings. The van der Waals surface area contributed by atoms with Crippen LogP contribution in [0.4, 0.5) is 17.1 Å². The molecule has 0 aliphatic carbocycles. The fourth-order valence-corrected chi connectivity index (χ4v) is 15.1. The van der Waals surface area contributed by atoms with Crippen molar-refractivity contribution < 1.29 is 43.5 Å². The van der Waals surface area contributed by atoms with Crippen LogP contribution < -0.4 is 34.5 Å². The number of fused-ring (bicyclic) bond motifs is 3. The van der Waals surface area contributed by atoms with E-state index in [9.17, 15) is 19.8 Å². The lowest BCUT2D eigenvalue weighted by Gasteiger charge is -2.37. The van der Waals surface area contributed by atoms with Crippen LogP contribution in [0.25, 0.3) is 0 Å². The van der Waals surface area contributed by atoms with Gasteiger partial charge in [0.2, 0.25) is 11.8 Å². The van der Waals surface area contributed by atoms with Crippen LogP contribution in [0.1, 0.15) is 62.6 Å². The average Bonchev–Trinajstić information content (AvgIpc) is 3.98. The van der Waals surface area contributed by atoms with Crippen molar-refractivity contribution >= 4 is 48.0 Å². The molecule has 65 heavy (non-hydrogen) atoms. The Morgan fingerprint density at radius 1 is 0.908 bits per heavy atom. The highest BCUT2D eigenvalue weighted by Crippen LogP contribution is 2.60. The Hall–Kier alpha value is -5.25. The number of hydrogen-bond acceptors (Lipinski definition) is 10. The number of anilines is 3. The first-order valence-corrected chi connectivity index (χ1v) is 26.2. The molecule has 6 atom stereocenters. The first kappa shape index (κ1) is 46.3. The van der Waals surface area contributed by atoms with Crippen LogP contribution in [0.2, 0.25) is 18.6 Å². The van der Waals surface area contributed by atoms with Gasteiger partial charge in [0.1, 0.15) is 17.2 Å². The summed E-state index contributed by atoms with van der Waals surface area (Å²) < 4.78 is 24.4. The van der Waals surface area contributed by atoms with Gasteiger partial charge in [0, 0.05) is 30.3 Å². The molecule has 4 aliphatic heterocycles. The van der Waals surface area contributed by atoms with E-state index in [2.05, 4.69) is 37.5 Å². The topological polar surface area (TPSA) is 150 Å². The van der Waals surface area contributed by atoms with Crippen molar-refractivity contribution in [2.24, 2.45) is 5.92 Å². The number of benzene rings is 4. The van der Waals surface area contributed by atoms with Crippen molar-refractivity contribution in [2.75, 3.05) is 56.9 Å². The summed E-state index contributed by atoms with van der Waals surface area (Å²) in [6, 6.07) is 26.8. The monoisotopic (exact) mass is 904 g/mol. The molecule has 0 bridgehead atoms. The molecule has 0 saturated carbocycles. The van der Waals surface area contributed by atoms with Gasteiger partial charge in [0.05, 0.1) is 78.0 Å². The van der Waals surface area contributed by atoms with Gasteiger partial charge in [-0.2, -0.15) is 0 Å². The summed E-state index contributed by atoms with van der Waals surface area (Å²) >= 11 is 0. The molecule has 346 valence electrons. The van der Waals surface area contributed by atoms with Crippen LogP contribution in [0, 0.1) is 5.92 Å². The maximum Gasteiger partial charge on any atom is 0.264 e. The van der Waals surface area contributed by atoms with Gasteiger partial charge in [0.25, 0.3) is 5.91 Å². The second-order valence-corrected chi connectivity index (χ2v) is 23.1. The predicted molar refractivity (Wildman–Crippen MR) is 253 cm³/mol. The molecule has 2 saturated heterocycles. The minimum Gasteiger partial charge on any atom is -0.497 e. The summed E-state index contributed by atoms with van der Waals surface area (Å²) in [5, 5.41) is 24.1. The van der Waals surface area contributed by atoms with Gasteiger partial charge in [0.15, 0.2) is 5.60 Å². The van der Waals surface area contributed by atoms with Gasteiger partial charge in [-0.1, -0.05) is 49.5 Å². The van der Waals surface area contributed by atoms with E-state index < -0.39 is 25.8 Å². The molecule has 0 radical (unpaired) electrons. The molecule has 14 heteroatoms. The molecule has 4 aromatic carbocycles. The van der Waals surface area contributed by atoms with Crippen LogP contribution in [-0.2, 0) is 37.7 Å². The van der Waals surface area contributed by atoms with Crippen LogP contribution >= 0.6 is 0 Å². The average molecular weight is 905 g/mol. The Balaban J connectivity index is 1.13. The number of nitrogens with zero attached hydrogens (tertiary/aromatic N) is 3. The van der Waals surface area contributed by atoms with Crippen molar-refractivity contribution in [1.82, 2.24) is 10.2 Å². The zero-order chi connectivity index (χ0) is 46.0. The molecule has 0 aromatic heterocycles. The zero-order valence-electron chi connectivity index (χ0n) is 38.5. The maximum absolute atomic E-state index is 15.6. The van der Waals surface area contributed by atoms with Gasteiger partial charge in [-0.25, -0.2) is 0 Å². The smallest absolute Gasteiger partial charge is 0.264 e. The summed E-state index contributed by atoms with van der Waals surface area (Å²) in [5.74, 6) is 1.45. The second-order valence-electron chi connectivity index (χ2n) is 18.4. The Kier molecular flexibility index (Phi) is 13.7. The number of carbonyl (C=O) groups excluding carboxylic acids is 3. The summed E-state index contributed by atoms with van der Waals surface area (Å²) in [4.78, 5) is 49.4. The van der Waals surface area contributed by atoms with E-state index in [-0.39, 0.29) is 61.4 Å². The van der Waals surface area contributed by atoms with Crippen LogP contribution in [0.5, 0.6) is 17.2 Å². The normalized spacial score (nSPS) is 23.9. The molecular formula is C51H64N4O9Si. The minimum absolute atomic E-state index is 0.0642. The molecular weight excluding hydrogens is 841 g/mol. The molecule has 2 fully saturated rings. The van der Waals surface area contributed by atoms with Crippen LogP contribution in [-0.4, -0.2) is 106 Å². The molecule has 8 rings (SSSR count). The molecule has 13 nitrogen and oxygen atoms in total. The van der Waals surface area contributed by atoms with Crippen LogP contribution in [0.3, 0.4) is 0 Å². The number of nitrogens with one attached hydrogen (secondary N) is 1. The first-order chi connectivity index (χ1) is 31.4. The van der Waals surface area contributed by atoms with E-state index >= 15 is 4.79 Å². The summed E-state index contributed by atoms with van der Waals surface area (Å²) in [5.41, 5.74) is 3.25. The zero-order valence-corrected chi connectivity index (χ0v) is 39.5. The van der Waals surface area contributed by atoms with Gasteiger partial charge in [-0.3, -0.25) is 19.3 Å². The third-order valence-corrected chi connectivity index (χ3v) is 18.7. The van der Waals surface area contributed by atoms with Crippen molar-refractivity contribution in [3.05, 3.63) is 102 Å². The third kappa shape index (κ3) is 8.55. The molecule has 3 N–H and O–H groups in total. The van der Waals surface area contributed by atoms with E-state index in [1.165, 1.54) is 5.19 Å². The largest absolute Gasteiger partial charge is 0.497 e. The number of carbonyl (C=O) groups is 3.